The third-order valence-corrected chi connectivity index (χ3v) is 4.34. The number of Topliss-reactive ketones (excluding diaryl/α,β-unsaturated/α-hetero) is 1. The standard InChI is InChI=1S/C19H30O7/c1-4-6-8-23-12-25-17-10-15(14(3)20)16(19(21)22)11-18(17)26-13-24-9-7-5-2/h4-7,15-18H,8-13H2,1-3H3,(H,21,22)/b6-4+,7-5?. The molecule has 1 saturated carbocycles. The SMILES string of the molecule is CC=CCOCOC1CC(C(=O)O)C(C(C)=O)CC1OCOC/C=C/C. The highest BCUT2D eigenvalue weighted by atomic mass is 16.7. The Kier molecular flexibility index (Phi) is 11.0. The van der Waals surface area contributed by atoms with Gasteiger partial charge in [0.2, 0.25) is 0 Å². The summed E-state index contributed by atoms with van der Waals surface area (Å²) in [5, 5.41) is 9.46. The lowest BCUT2D eigenvalue weighted by Gasteiger charge is -2.38. The van der Waals surface area contributed by atoms with Crippen LogP contribution in [0.5, 0.6) is 0 Å². The summed E-state index contributed by atoms with van der Waals surface area (Å²) in [5.41, 5.74) is 0. The van der Waals surface area contributed by atoms with Crippen molar-refractivity contribution in [1.29, 1.82) is 0 Å². The molecular weight excluding hydrogens is 340 g/mol. The van der Waals surface area contributed by atoms with Crippen molar-refractivity contribution in [2.45, 2.75) is 45.8 Å². The van der Waals surface area contributed by atoms with E-state index in [9.17, 15) is 14.7 Å². The molecule has 0 saturated heterocycles. The first-order valence-corrected chi connectivity index (χ1v) is 8.85. The van der Waals surface area contributed by atoms with E-state index in [0.717, 1.165) is 0 Å². The lowest BCUT2D eigenvalue weighted by molar-refractivity contribution is -0.192. The predicted molar refractivity (Wildman–Crippen MR) is 95.5 cm³/mol. The van der Waals surface area contributed by atoms with Crippen LogP contribution in [0.3, 0.4) is 0 Å². The van der Waals surface area contributed by atoms with Gasteiger partial charge in [0.15, 0.2) is 0 Å². The number of aliphatic carboxylic acids is 1. The molecule has 4 unspecified atom stereocenters. The van der Waals surface area contributed by atoms with E-state index < -0.39 is 30.0 Å². The fourth-order valence-electron chi connectivity index (χ4n) is 2.90. The van der Waals surface area contributed by atoms with Crippen LogP contribution in [-0.2, 0) is 28.5 Å². The highest BCUT2D eigenvalue weighted by Crippen LogP contribution is 2.34. The Bertz CT molecular complexity index is 442. The molecule has 0 radical (unpaired) electrons. The van der Waals surface area contributed by atoms with E-state index in [1.807, 2.05) is 38.2 Å². The van der Waals surface area contributed by atoms with Gasteiger partial charge in [0.05, 0.1) is 31.3 Å². The summed E-state index contributed by atoms with van der Waals surface area (Å²) < 4.78 is 22.1. The minimum Gasteiger partial charge on any atom is -0.481 e. The second-order valence-electron chi connectivity index (χ2n) is 6.16. The Morgan fingerprint density at radius 3 is 1.77 bits per heavy atom. The topological polar surface area (TPSA) is 91.3 Å². The first-order valence-electron chi connectivity index (χ1n) is 8.85. The Labute approximate surface area is 154 Å². The van der Waals surface area contributed by atoms with E-state index in [4.69, 9.17) is 18.9 Å². The van der Waals surface area contributed by atoms with Crippen molar-refractivity contribution in [3.63, 3.8) is 0 Å². The summed E-state index contributed by atoms with van der Waals surface area (Å²) >= 11 is 0. The van der Waals surface area contributed by atoms with Crippen LogP contribution in [0, 0.1) is 11.8 Å². The highest BCUT2D eigenvalue weighted by molar-refractivity contribution is 5.84. The van der Waals surface area contributed by atoms with Crippen molar-refractivity contribution >= 4 is 11.8 Å². The third kappa shape index (κ3) is 7.78. The molecule has 1 aliphatic rings. The molecule has 0 spiro atoms. The molecule has 0 aromatic rings. The number of carboxylic acids is 1. The normalized spacial score (nSPS) is 26.6. The van der Waals surface area contributed by atoms with E-state index in [1.54, 1.807) is 0 Å². The number of carboxylic acid groups (broad SMARTS) is 1. The zero-order chi connectivity index (χ0) is 19.4. The van der Waals surface area contributed by atoms with Crippen LogP contribution < -0.4 is 0 Å². The molecule has 1 rings (SSSR count). The predicted octanol–water partition coefficient (Wildman–Crippen LogP) is 2.56. The number of ether oxygens (including phenoxy) is 4. The van der Waals surface area contributed by atoms with Gasteiger partial charge in [-0.25, -0.2) is 0 Å². The lowest BCUT2D eigenvalue weighted by Crippen LogP contribution is -2.47. The lowest BCUT2D eigenvalue weighted by atomic mass is 9.74. The van der Waals surface area contributed by atoms with Crippen LogP contribution in [0.15, 0.2) is 24.3 Å². The minimum absolute atomic E-state index is 0.0331. The van der Waals surface area contributed by atoms with Crippen molar-refractivity contribution in [3.05, 3.63) is 24.3 Å². The van der Waals surface area contributed by atoms with E-state index >= 15 is 0 Å². The van der Waals surface area contributed by atoms with Crippen molar-refractivity contribution in [1.82, 2.24) is 0 Å². The van der Waals surface area contributed by atoms with Gasteiger partial charge in [-0.2, -0.15) is 0 Å². The maximum absolute atomic E-state index is 11.9. The zero-order valence-corrected chi connectivity index (χ0v) is 15.8. The van der Waals surface area contributed by atoms with Gasteiger partial charge < -0.3 is 24.1 Å². The van der Waals surface area contributed by atoms with E-state index in [1.165, 1.54) is 6.92 Å². The molecular formula is C19H30O7. The van der Waals surface area contributed by atoms with Gasteiger partial charge in [0, 0.05) is 5.92 Å². The van der Waals surface area contributed by atoms with Crippen LogP contribution in [0.1, 0.15) is 33.6 Å². The van der Waals surface area contributed by atoms with Crippen LogP contribution in [-0.4, -0.2) is 55.9 Å². The fourth-order valence-corrected chi connectivity index (χ4v) is 2.90. The second kappa shape index (κ2) is 12.8. The maximum atomic E-state index is 11.9. The molecule has 1 fully saturated rings. The Morgan fingerprint density at radius 2 is 1.38 bits per heavy atom. The number of carbonyl (C=O) groups excluding carboxylic acids is 1. The van der Waals surface area contributed by atoms with E-state index in [0.29, 0.717) is 19.6 Å². The van der Waals surface area contributed by atoms with Crippen LogP contribution in [0.2, 0.25) is 0 Å². The zero-order valence-electron chi connectivity index (χ0n) is 15.8. The third-order valence-electron chi connectivity index (χ3n) is 4.34. The fraction of sp³-hybridized carbons (Fsp3) is 0.684. The first-order chi connectivity index (χ1) is 12.5. The summed E-state index contributed by atoms with van der Waals surface area (Å²) in [6.07, 6.45) is 7.04. The van der Waals surface area contributed by atoms with Gasteiger partial charge in [-0.1, -0.05) is 24.3 Å². The Morgan fingerprint density at radius 1 is 0.923 bits per heavy atom. The summed E-state index contributed by atoms with van der Waals surface area (Å²) in [6, 6.07) is 0. The minimum atomic E-state index is -0.989. The van der Waals surface area contributed by atoms with Gasteiger partial charge in [0.1, 0.15) is 19.4 Å². The van der Waals surface area contributed by atoms with E-state index in [2.05, 4.69) is 0 Å². The van der Waals surface area contributed by atoms with Crippen LogP contribution in [0.4, 0.5) is 0 Å². The monoisotopic (exact) mass is 370 g/mol. The molecule has 0 amide bonds. The summed E-state index contributed by atoms with van der Waals surface area (Å²) in [7, 11) is 0. The molecule has 148 valence electrons. The van der Waals surface area contributed by atoms with Crippen molar-refractivity contribution in [2.75, 3.05) is 26.8 Å². The molecule has 4 atom stereocenters. The molecule has 26 heavy (non-hydrogen) atoms. The summed E-state index contributed by atoms with van der Waals surface area (Å²) in [4.78, 5) is 23.4. The molecule has 0 aromatic heterocycles. The number of ketones is 1. The van der Waals surface area contributed by atoms with Crippen molar-refractivity contribution < 1.29 is 33.6 Å². The van der Waals surface area contributed by atoms with Crippen LogP contribution in [0.25, 0.3) is 0 Å². The molecule has 0 aromatic carbocycles. The van der Waals surface area contributed by atoms with Gasteiger partial charge in [-0.15, -0.1) is 0 Å². The van der Waals surface area contributed by atoms with Gasteiger partial charge in [-0.3, -0.25) is 9.59 Å². The Balaban J connectivity index is 2.67. The average molecular weight is 370 g/mol. The van der Waals surface area contributed by atoms with Crippen molar-refractivity contribution in [2.24, 2.45) is 11.8 Å². The smallest absolute Gasteiger partial charge is 0.307 e. The number of carbonyl (C=O) groups is 2. The molecule has 0 heterocycles. The van der Waals surface area contributed by atoms with Crippen LogP contribution >= 0.6 is 0 Å². The largest absolute Gasteiger partial charge is 0.481 e. The van der Waals surface area contributed by atoms with E-state index in [-0.39, 0.29) is 25.8 Å². The molecule has 7 heteroatoms. The molecule has 0 bridgehead atoms. The number of hydrogen-bond acceptors (Lipinski definition) is 6. The van der Waals surface area contributed by atoms with Gasteiger partial charge >= 0.3 is 5.97 Å². The summed E-state index contributed by atoms with van der Waals surface area (Å²) in [5.74, 6) is -2.51. The number of hydrogen-bond donors (Lipinski definition) is 1. The average Bonchev–Trinajstić information content (AvgIpc) is 2.61. The molecule has 1 aliphatic carbocycles. The Hall–Kier alpha value is -1.54. The second-order valence-corrected chi connectivity index (χ2v) is 6.16. The van der Waals surface area contributed by atoms with Crippen molar-refractivity contribution in [3.8, 4) is 0 Å². The van der Waals surface area contributed by atoms with Gasteiger partial charge in [-0.05, 0) is 33.6 Å². The molecule has 7 nitrogen and oxygen atoms in total. The summed E-state index contributed by atoms with van der Waals surface area (Å²) in [6.45, 7) is 6.13. The quantitative estimate of drug-likeness (QED) is 0.321. The first kappa shape index (κ1) is 22.5. The molecule has 1 N–H and O–H groups in total. The van der Waals surface area contributed by atoms with Gasteiger partial charge in [0.25, 0.3) is 0 Å². The number of rotatable bonds is 12. The highest BCUT2D eigenvalue weighted by Gasteiger charge is 2.43. The number of allylic oxidation sites excluding steroid dienone is 2. The molecule has 0 aliphatic heterocycles. The maximum Gasteiger partial charge on any atom is 0.307 e.